The highest BCUT2D eigenvalue weighted by atomic mass is 35.5. The van der Waals surface area contributed by atoms with Gasteiger partial charge in [0.2, 0.25) is 0 Å². The molecule has 1 aliphatic heterocycles. The van der Waals surface area contributed by atoms with E-state index in [-0.39, 0.29) is 5.75 Å². The van der Waals surface area contributed by atoms with Gasteiger partial charge < -0.3 is 15.2 Å². The van der Waals surface area contributed by atoms with Crippen LogP contribution in [-0.2, 0) is 0 Å². The lowest BCUT2D eigenvalue weighted by atomic mass is 9.88. The van der Waals surface area contributed by atoms with E-state index >= 15 is 0 Å². The van der Waals surface area contributed by atoms with Crippen LogP contribution in [0.4, 0.5) is 0 Å². The lowest BCUT2D eigenvalue weighted by molar-refractivity contribution is 0.371. The van der Waals surface area contributed by atoms with Gasteiger partial charge in [0, 0.05) is 6.54 Å². The molecule has 1 unspecified atom stereocenters. The van der Waals surface area contributed by atoms with E-state index in [1.807, 2.05) is 6.92 Å². The zero-order chi connectivity index (χ0) is 12.4. The minimum absolute atomic E-state index is 0.113. The number of aryl methyl sites for hydroxylation is 1. The second-order valence-electron chi connectivity index (χ2n) is 4.52. The summed E-state index contributed by atoms with van der Waals surface area (Å²) in [4.78, 5) is 0. The van der Waals surface area contributed by atoms with Crippen molar-refractivity contribution >= 4 is 11.6 Å². The fourth-order valence-electron chi connectivity index (χ4n) is 2.55. The fourth-order valence-corrected chi connectivity index (χ4v) is 3.03. The van der Waals surface area contributed by atoms with Crippen molar-refractivity contribution in [3.63, 3.8) is 0 Å². The number of methoxy groups -OCH3 is 1. The highest BCUT2D eigenvalue weighted by molar-refractivity contribution is 6.33. The molecule has 0 bridgehead atoms. The second kappa shape index (κ2) is 5.15. The van der Waals surface area contributed by atoms with Gasteiger partial charge in [-0.15, -0.1) is 0 Å². The number of hydrogen-bond donors (Lipinski definition) is 2. The van der Waals surface area contributed by atoms with Crippen LogP contribution in [0.25, 0.3) is 0 Å². The van der Waals surface area contributed by atoms with E-state index in [4.69, 9.17) is 16.3 Å². The number of nitrogens with one attached hydrogen (secondary N) is 1. The van der Waals surface area contributed by atoms with Crippen LogP contribution in [0.15, 0.2) is 6.07 Å². The Balaban J connectivity index is 2.44. The molecular formula is C13H18ClNO2. The van der Waals surface area contributed by atoms with E-state index in [0.717, 1.165) is 37.1 Å². The van der Waals surface area contributed by atoms with Gasteiger partial charge in [-0.1, -0.05) is 11.6 Å². The van der Waals surface area contributed by atoms with E-state index in [2.05, 4.69) is 5.32 Å². The molecule has 0 spiro atoms. The summed E-state index contributed by atoms with van der Waals surface area (Å²) in [5, 5.41) is 13.7. The Bertz CT molecular complexity index is 414. The van der Waals surface area contributed by atoms with E-state index in [0.29, 0.717) is 16.7 Å². The molecule has 2 N–H and O–H groups in total. The third kappa shape index (κ3) is 2.35. The number of halogens is 1. The summed E-state index contributed by atoms with van der Waals surface area (Å²) in [6, 6.07) is 1.73. The monoisotopic (exact) mass is 255 g/mol. The first-order chi connectivity index (χ1) is 8.15. The van der Waals surface area contributed by atoms with Gasteiger partial charge in [0.1, 0.15) is 0 Å². The third-order valence-electron chi connectivity index (χ3n) is 3.36. The van der Waals surface area contributed by atoms with Crippen molar-refractivity contribution in [2.45, 2.75) is 25.7 Å². The summed E-state index contributed by atoms with van der Waals surface area (Å²) in [5.74, 6) is 0.908. The number of aromatic hydroxyl groups is 1. The van der Waals surface area contributed by atoms with Gasteiger partial charge in [-0.05, 0) is 49.4 Å². The Labute approximate surface area is 107 Å². The molecule has 0 amide bonds. The molecule has 0 radical (unpaired) electrons. The Hall–Kier alpha value is -0.930. The van der Waals surface area contributed by atoms with Gasteiger partial charge in [-0.2, -0.15) is 0 Å². The predicted molar refractivity (Wildman–Crippen MR) is 69.3 cm³/mol. The van der Waals surface area contributed by atoms with Crippen LogP contribution in [0.2, 0.25) is 5.02 Å². The quantitative estimate of drug-likeness (QED) is 0.854. The number of piperidine rings is 1. The molecule has 1 aromatic rings. The molecule has 1 aliphatic rings. The molecular weight excluding hydrogens is 238 g/mol. The molecule has 0 aromatic heterocycles. The van der Waals surface area contributed by atoms with Crippen molar-refractivity contribution in [3.8, 4) is 11.5 Å². The number of benzene rings is 1. The maximum atomic E-state index is 9.77. The topological polar surface area (TPSA) is 41.5 Å². The van der Waals surface area contributed by atoms with Gasteiger partial charge in [0.05, 0.1) is 12.1 Å². The van der Waals surface area contributed by atoms with Crippen LogP contribution in [0.5, 0.6) is 11.5 Å². The third-order valence-corrected chi connectivity index (χ3v) is 3.73. The predicted octanol–water partition coefficient (Wildman–Crippen LogP) is 2.83. The van der Waals surface area contributed by atoms with Gasteiger partial charge >= 0.3 is 0 Å². The zero-order valence-corrected chi connectivity index (χ0v) is 11.0. The molecule has 1 aromatic carbocycles. The summed E-state index contributed by atoms with van der Waals surface area (Å²) in [5.41, 5.74) is 2.13. The summed E-state index contributed by atoms with van der Waals surface area (Å²) < 4.78 is 5.16. The largest absolute Gasteiger partial charge is 0.504 e. The molecule has 0 aliphatic carbocycles. The van der Waals surface area contributed by atoms with E-state index in [1.165, 1.54) is 7.11 Å². The first-order valence-electron chi connectivity index (χ1n) is 5.91. The first kappa shape index (κ1) is 12.5. The molecule has 0 saturated carbocycles. The molecule has 94 valence electrons. The Morgan fingerprint density at radius 1 is 1.53 bits per heavy atom. The summed E-state index contributed by atoms with van der Waals surface area (Å²) in [7, 11) is 1.53. The van der Waals surface area contributed by atoms with Gasteiger partial charge in [0.25, 0.3) is 0 Å². The van der Waals surface area contributed by atoms with E-state index in [9.17, 15) is 5.11 Å². The second-order valence-corrected chi connectivity index (χ2v) is 4.89. The van der Waals surface area contributed by atoms with Crippen molar-refractivity contribution in [1.82, 2.24) is 5.32 Å². The maximum Gasteiger partial charge on any atom is 0.179 e. The highest BCUT2D eigenvalue weighted by Gasteiger charge is 2.23. The number of phenols is 1. The fraction of sp³-hybridized carbons (Fsp3) is 0.538. The average molecular weight is 256 g/mol. The normalized spacial score (nSPS) is 20.3. The zero-order valence-electron chi connectivity index (χ0n) is 10.2. The lowest BCUT2D eigenvalue weighted by Crippen LogP contribution is -2.29. The lowest BCUT2D eigenvalue weighted by Gasteiger charge is -2.26. The Morgan fingerprint density at radius 3 is 2.88 bits per heavy atom. The average Bonchev–Trinajstić information content (AvgIpc) is 2.30. The van der Waals surface area contributed by atoms with Crippen LogP contribution < -0.4 is 10.1 Å². The first-order valence-corrected chi connectivity index (χ1v) is 6.29. The van der Waals surface area contributed by atoms with Crippen LogP contribution >= 0.6 is 11.6 Å². The molecule has 2 rings (SSSR count). The maximum absolute atomic E-state index is 9.77. The van der Waals surface area contributed by atoms with Crippen LogP contribution in [0.1, 0.15) is 29.9 Å². The molecule has 17 heavy (non-hydrogen) atoms. The highest BCUT2D eigenvalue weighted by Crippen LogP contribution is 2.43. The van der Waals surface area contributed by atoms with Crippen LogP contribution in [0.3, 0.4) is 0 Å². The van der Waals surface area contributed by atoms with Crippen LogP contribution in [-0.4, -0.2) is 25.3 Å². The van der Waals surface area contributed by atoms with E-state index in [1.54, 1.807) is 6.07 Å². The SMILES string of the molecule is COc1c(O)cc(C)c(C2CCCNC2)c1Cl. The van der Waals surface area contributed by atoms with E-state index < -0.39 is 0 Å². The molecule has 1 atom stereocenters. The molecule has 1 fully saturated rings. The Morgan fingerprint density at radius 2 is 2.29 bits per heavy atom. The minimum Gasteiger partial charge on any atom is -0.504 e. The number of phenolic OH excluding ortho intramolecular Hbond substituents is 1. The van der Waals surface area contributed by atoms with Crippen molar-refractivity contribution in [3.05, 3.63) is 22.2 Å². The van der Waals surface area contributed by atoms with Gasteiger partial charge in [-0.25, -0.2) is 0 Å². The van der Waals surface area contributed by atoms with Crippen LogP contribution in [0, 0.1) is 6.92 Å². The molecule has 4 heteroatoms. The summed E-state index contributed by atoms with van der Waals surface area (Å²) >= 11 is 6.34. The summed E-state index contributed by atoms with van der Waals surface area (Å²) in [6.45, 7) is 3.99. The standard InChI is InChI=1S/C13H18ClNO2/c1-8-6-10(16)13(17-2)12(14)11(8)9-4-3-5-15-7-9/h6,9,15-16H,3-5,7H2,1-2H3. The van der Waals surface area contributed by atoms with Crippen molar-refractivity contribution in [2.24, 2.45) is 0 Å². The number of ether oxygens (including phenoxy) is 1. The minimum atomic E-state index is 0.113. The summed E-state index contributed by atoms with van der Waals surface area (Å²) in [6.07, 6.45) is 2.28. The Kier molecular flexibility index (Phi) is 3.79. The smallest absolute Gasteiger partial charge is 0.179 e. The van der Waals surface area contributed by atoms with Crippen molar-refractivity contribution < 1.29 is 9.84 Å². The van der Waals surface area contributed by atoms with Crippen molar-refractivity contribution in [1.29, 1.82) is 0 Å². The molecule has 1 saturated heterocycles. The molecule has 3 nitrogen and oxygen atoms in total. The number of hydrogen-bond acceptors (Lipinski definition) is 3. The van der Waals surface area contributed by atoms with Crippen molar-refractivity contribution in [2.75, 3.05) is 20.2 Å². The van der Waals surface area contributed by atoms with Gasteiger partial charge in [0.15, 0.2) is 11.5 Å². The number of rotatable bonds is 2. The van der Waals surface area contributed by atoms with Gasteiger partial charge in [-0.3, -0.25) is 0 Å². The molecule has 1 heterocycles.